The van der Waals surface area contributed by atoms with Crippen molar-refractivity contribution in [1.82, 2.24) is 15.1 Å². The standard InChI is InChI=1S/C11H18N4O3S/c1-11(2,3)18-10(16)15-5-4-7(6-15)17-9-14-13-8(12)19-9/h7H,4-6H2,1-3H3,(H2,12,13)/t7-/m0/s1. The Morgan fingerprint density at radius 3 is 2.79 bits per heavy atom. The monoisotopic (exact) mass is 286 g/mol. The Bertz CT molecular complexity index is 457. The third-order valence-electron chi connectivity index (χ3n) is 2.49. The molecule has 1 aliphatic heterocycles. The number of hydrogen-bond acceptors (Lipinski definition) is 7. The molecule has 7 nitrogen and oxygen atoms in total. The van der Waals surface area contributed by atoms with Crippen molar-refractivity contribution in [2.24, 2.45) is 0 Å². The molecule has 1 saturated heterocycles. The molecule has 19 heavy (non-hydrogen) atoms. The lowest BCUT2D eigenvalue weighted by atomic mass is 10.2. The van der Waals surface area contributed by atoms with Crippen LogP contribution in [0.4, 0.5) is 9.93 Å². The third kappa shape index (κ3) is 3.95. The largest absolute Gasteiger partial charge is 0.464 e. The fraction of sp³-hybridized carbons (Fsp3) is 0.727. The van der Waals surface area contributed by atoms with Gasteiger partial charge in [-0.05, 0) is 32.1 Å². The summed E-state index contributed by atoms with van der Waals surface area (Å²) in [5, 5.41) is 8.28. The number of ether oxygens (including phenoxy) is 2. The third-order valence-corrected chi connectivity index (χ3v) is 3.13. The van der Waals surface area contributed by atoms with Crippen LogP contribution in [0.2, 0.25) is 0 Å². The van der Waals surface area contributed by atoms with Crippen LogP contribution in [0.1, 0.15) is 27.2 Å². The molecule has 0 bridgehead atoms. The first-order valence-electron chi connectivity index (χ1n) is 6.07. The predicted molar refractivity (Wildman–Crippen MR) is 71.2 cm³/mol. The smallest absolute Gasteiger partial charge is 0.410 e. The van der Waals surface area contributed by atoms with Gasteiger partial charge in [-0.2, -0.15) is 0 Å². The maximum Gasteiger partial charge on any atom is 0.410 e. The molecule has 0 aliphatic carbocycles. The van der Waals surface area contributed by atoms with Crippen LogP contribution in [0.25, 0.3) is 0 Å². The van der Waals surface area contributed by atoms with Gasteiger partial charge < -0.3 is 20.1 Å². The number of carbonyl (C=O) groups excluding carboxylic acids is 1. The number of nitrogens with zero attached hydrogens (tertiary/aromatic N) is 3. The fourth-order valence-electron chi connectivity index (χ4n) is 1.73. The van der Waals surface area contributed by atoms with Crippen LogP contribution in [-0.2, 0) is 4.74 Å². The molecular weight excluding hydrogens is 268 g/mol. The second kappa shape index (κ2) is 5.20. The van der Waals surface area contributed by atoms with Gasteiger partial charge in [-0.25, -0.2) is 4.79 Å². The lowest BCUT2D eigenvalue weighted by Gasteiger charge is -2.24. The second-order valence-electron chi connectivity index (χ2n) is 5.36. The summed E-state index contributed by atoms with van der Waals surface area (Å²) in [5.74, 6) is 0. The molecule has 0 aromatic carbocycles. The van der Waals surface area contributed by atoms with Crippen LogP contribution in [0.3, 0.4) is 0 Å². The molecule has 8 heteroatoms. The summed E-state index contributed by atoms with van der Waals surface area (Å²) in [6.07, 6.45) is 0.355. The lowest BCUT2D eigenvalue weighted by Crippen LogP contribution is -2.36. The molecule has 1 amide bonds. The van der Waals surface area contributed by atoms with Crippen molar-refractivity contribution in [2.75, 3.05) is 18.8 Å². The molecule has 2 rings (SSSR count). The van der Waals surface area contributed by atoms with Crippen LogP contribution in [0, 0.1) is 0 Å². The summed E-state index contributed by atoms with van der Waals surface area (Å²) < 4.78 is 10.9. The molecule has 2 heterocycles. The van der Waals surface area contributed by atoms with E-state index in [1.165, 1.54) is 11.3 Å². The van der Waals surface area contributed by atoms with Crippen molar-refractivity contribution >= 4 is 22.6 Å². The van der Waals surface area contributed by atoms with Crippen molar-refractivity contribution in [3.05, 3.63) is 0 Å². The van der Waals surface area contributed by atoms with E-state index in [1.54, 1.807) is 4.90 Å². The zero-order chi connectivity index (χ0) is 14.0. The zero-order valence-corrected chi connectivity index (χ0v) is 12.1. The van der Waals surface area contributed by atoms with Gasteiger partial charge in [-0.15, -0.1) is 5.10 Å². The molecule has 0 radical (unpaired) electrons. The molecule has 1 fully saturated rings. The topological polar surface area (TPSA) is 90.6 Å². The van der Waals surface area contributed by atoms with Crippen LogP contribution in [0.5, 0.6) is 5.19 Å². The van der Waals surface area contributed by atoms with Gasteiger partial charge in [0.2, 0.25) is 5.13 Å². The summed E-state index contributed by atoms with van der Waals surface area (Å²) in [5.41, 5.74) is 5.00. The van der Waals surface area contributed by atoms with Gasteiger partial charge >= 0.3 is 6.09 Å². The minimum Gasteiger partial charge on any atom is -0.464 e. The number of nitrogens with two attached hydrogens (primary N) is 1. The normalized spacial score (nSPS) is 19.5. The summed E-state index contributed by atoms with van der Waals surface area (Å²) in [4.78, 5) is 13.5. The Balaban J connectivity index is 1.84. The first-order chi connectivity index (χ1) is 8.83. The lowest BCUT2D eigenvalue weighted by molar-refractivity contribution is 0.0275. The van der Waals surface area contributed by atoms with Crippen molar-refractivity contribution in [2.45, 2.75) is 38.9 Å². The zero-order valence-electron chi connectivity index (χ0n) is 11.3. The van der Waals surface area contributed by atoms with Crippen LogP contribution >= 0.6 is 11.3 Å². The minimum absolute atomic E-state index is 0.0835. The number of rotatable bonds is 2. The van der Waals surface area contributed by atoms with Crippen molar-refractivity contribution < 1.29 is 14.3 Å². The van der Waals surface area contributed by atoms with Gasteiger partial charge in [0.15, 0.2) is 0 Å². The number of hydrogen-bond donors (Lipinski definition) is 1. The van der Waals surface area contributed by atoms with Gasteiger partial charge in [0.05, 0.1) is 6.54 Å². The highest BCUT2D eigenvalue weighted by Crippen LogP contribution is 2.24. The van der Waals surface area contributed by atoms with E-state index < -0.39 is 5.60 Å². The molecule has 0 unspecified atom stereocenters. The SMILES string of the molecule is CC(C)(C)OC(=O)N1CC[C@H](Oc2nnc(N)s2)C1. The quantitative estimate of drug-likeness (QED) is 0.886. The van der Waals surface area contributed by atoms with Crippen LogP contribution in [-0.4, -0.2) is 46.0 Å². The molecule has 1 aromatic heterocycles. The van der Waals surface area contributed by atoms with Gasteiger partial charge in [-0.1, -0.05) is 5.10 Å². The average Bonchev–Trinajstić information content (AvgIpc) is 2.86. The van der Waals surface area contributed by atoms with E-state index in [1.807, 2.05) is 20.8 Å². The van der Waals surface area contributed by atoms with Crippen molar-refractivity contribution in [1.29, 1.82) is 0 Å². The maximum atomic E-state index is 11.9. The Morgan fingerprint density at radius 1 is 1.47 bits per heavy atom. The summed E-state index contributed by atoms with van der Waals surface area (Å²) in [7, 11) is 0. The molecule has 1 aromatic rings. The van der Waals surface area contributed by atoms with Crippen LogP contribution < -0.4 is 10.5 Å². The molecule has 0 saturated carbocycles. The Hall–Kier alpha value is -1.57. The maximum absolute atomic E-state index is 11.9. The first-order valence-corrected chi connectivity index (χ1v) is 6.89. The molecule has 0 spiro atoms. The molecular formula is C11H18N4O3S. The number of carbonyl (C=O) groups is 1. The predicted octanol–water partition coefficient (Wildman–Crippen LogP) is 1.51. The van der Waals surface area contributed by atoms with E-state index >= 15 is 0 Å². The van der Waals surface area contributed by atoms with Gasteiger partial charge in [-0.3, -0.25) is 0 Å². The van der Waals surface area contributed by atoms with E-state index in [4.69, 9.17) is 15.2 Å². The molecule has 2 N–H and O–H groups in total. The van der Waals surface area contributed by atoms with Gasteiger partial charge in [0.25, 0.3) is 5.19 Å². The van der Waals surface area contributed by atoms with Crippen molar-refractivity contribution in [3.63, 3.8) is 0 Å². The number of nitrogen functional groups attached to an aromatic ring is 1. The Morgan fingerprint density at radius 2 is 2.21 bits per heavy atom. The summed E-state index contributed by atoms with van der Waals surface area (Å²) in [6, 6.07) is 0. The second-order valence-corrected chi connectivity index (χ2v) is 6.33. The molecule has 1 aliphatic rings. The number of likely N-dealkylation sites (tertiary alicyclic amines) is 1. The van der Waals surface area contributed by atoms with Crippen molar-refractivity contribution in [3.8, 4) is 5.19 Å². The van der Waals surface area contributed by atoms with Gasteiger partial charge in [0.1, 0.15) is 11.7 Å². The minimum atomic E-state index is -0.482. The number of anilines is 1. The highest BCUT2D eigenvalue weighted by molar-refractivity contribution is 7.16. The highest BCUT2D eigenvalue weighted by Gasteiger charge is 2.31. The van der Waals surface area contributed by atoms with E-state index in [-0.39, 0.29) is 12.2 Å². The fourth-order valence-corrected chi connectivity index (χ4v) is 2.25. The van der Waals surface area contributed by atoms with E-state index in [0.717, 1.165) is 6.42 Å². The van der Waals surface area contributed by atoms with E-state index in [9.17, 15) is 4.79 Å². The van der Waals surface area contributed by atoms with E-state index in [2.05, 4.69) is 10.2 Å². The van der Waals surface area contributed by atoms with Crippen LogP contribution in [0.15, 0.2) is 0 Å². The van der Waals surface area contributed by atoms with E-state index in [0.29, 0.717) is 23.4 Å². The number of aromatic nitrogens is 2. The summed E-state index contributed by atoms with van der Waals surface area (Å²) in [6.45, 7) is 6.65. The number of amides is 1. The van der Waals surface area contributed by atoms with Gasteiger partial charge in [0, 0.05) is 13.0 Å². The Kier molecular flexibility index (Phi) is 3.79. The highest BCUT2D eigenvalue weighted by atomic mass is 32.1. The Labute approximate surface area is 115 Å². The molecule has 106 valence electrons. The summed E-state index contributed by atoms with van der Waals surface area (Å²) >= 11 is 1.19. The average molecular weight is 286 g/mol. The first kappa shape index (κ1) is 13.9. The molecule has 1 atom stereocenters.